The molecule has 0 unspecified atom stereocenters. The van der Waals surface area contributed by atoms with Gasteiger partial charge in [-0.2, -0.15) is 5.26 Å². The predicted molar refractivity (Wildman–Crippen MR) is 138 cm³/mol. The second-order valence-corrected chi connectivity index (χ2v) is 8.73. The van der Waals surface area contributed by atoms with E-state index < -0.39 is 11.7 Å². The third-order valence-corrected chi connectivity index (χ3v) is 5.84. The van der Waals surface area contributed by atoms with Crippen molar-refractivity contribution in [2.45, 2.75) is 13.5 Å². The van der Waals surface area contributed by atoms with Crippen LogP contribution in [-0.2, 0) is 11.3 Å². The van der Waals surface area contributed by atoms with E-state index in [0.717, 1.165) is 0 Å². The number of carbonyl (C=O) groups is 2. The molecule has 1 aromatic heterocycles. The van der Waals surface area contributed by atoms with E-state index in [1.807, 2.05) is 6.07 Å². The van der Waals surface area contributed by atoms with Gasteiger partial charge in [-0.15, -0.1) is 0 Å². The molecule has 0 fully saturated rings. The molecular weight excluding hydrogens is 522 g/mol. The SMILES string of the molecule is COc1ccc2[nH]c(C(=O)NCc3ccc(Cl)c(Oc4cc(Cl)cc(C#N)c4)c3F)c(NC(C)=O)c2c1. The molecule has 37 heavy (non-hydrogen) atoms. The second-order valence-electron chi connectivity index (χ2n) is 7.89. The van der Waals surface area contributed by atoms with Gasteiger partial charge in [-0.05, 0) is 42.5 Å². The molecule has 188 valence electrons. The molecule has 0 radical (unpaired) electrons. The van der Waals surface area contributed by atoms with Gasteiger partial charge in [-0.3, -0.25) is 9.59 Å². The van der Waals surface area contributed by atoms with E-state index in [9.17, 15) is 9.59 Å². The van der Waals surface area contributed by atoms with Crippen LogP contribution in [0.1, 0.15) is 28.5 Å². The lowest BCUT2D eigenvalue weighted by atomic mass is 10.1. The Morgan fingerprint density at radius 1 is 1.11 bits per heavy atom. The van der Waals surface area contributed by atoms with Crippen molar-refractivity contribution in [1.29, 1.82) is 5.26 Å². The Morgan fingerprint density at radius 2 is 1.89 bits per heavy atom. The standard InChI is InChI=1S/C26H19Cl2FN4O4/c1-13(34)32-23-19-10-17(36-2)4-6-21(19)33-24(23)26(35)31-12-15-3-5-20(28)25(22(15)29)37-18-8-14(11-30)7-16(27)9-18/h3-10,33H,12H2,1-2H3,(H,31,35)(H,32,34). The van der Waals surface area contributed by atoms with Crippen LogP contribution < -0.4 is 20.1 Å². The molecule has 0 saturated heterocycles. The largest absolute Gasteiger partial charge is 0.497 e. The van der Waals surface area contributed by atoms with Gasteiger partial charge in [0.25, 0.3) is 5.91 Å². The van der Waals surface area contributed by atoms with Crippen LogP contribution in [-0.4, -0.2) is 23.9 Å². The van der Waals surface area contributed by atoms with Crippen LogP contribution in [0, 0.1) is 17.1 Å². The summed E-state index contributed by atoms with van der Waals surface area (Å²) in [6.45, 7) is 1.11. The van der Waals surface area contributed by atoms with Crippen LogP contribution >= 0.6 is 23.2 Å². The molecular formula is C26H19Cl2FN4O4. The van der Waals surface area contributed by atoms with Crippen LogP contribution in [0.3, 0.4) is 0 Å². The van der Waals surface area contributed by atoms with Gasteiger partial charge in [-0.25, -0.2) is 4.39 Å². The summed E-state index contributed by atoms with van der Waals surface area (Å²) in [5.74, 6) is -1.36. The van der Waals surface area contributed by atoms with Gasteiger partial charge >= 0.3 is 0 Å². The number of halogens is 3. The Balaban J connectivity index is 1.60. The molecule has 0 atom stereocenters. The van der Waals surface area contributed by atoms with Crippen molar-refractivity contribution in [3.05, 3.63) is 81.2 Å². The number of aromatic nitrogens is 1. The number of fused-ring (bicyclic) bond motifs is 1. The molecule has 2 amide bonds. The zero-order valence-electron chi connectivity index (χ0n) is 19.5. The Hall–Kier alpha value is -4.26. The number of nitrogens with zero attached hydrogens (tertiary/aromatic N) is 1. The molecule has 0 bridgehead atoms. The maximum Gasteiger partial charge on any atom is 0.270 e. The van der Waals surface area contributed by atoms with Crippen LogP contribution in [0.5, 0.6) is 17.2 Å². The molecule has 4 rings (SSSR count). The normalized spacial score (nSPS) is 10.6. The molecule has 11 heteroatoms. The third kappa shape index (κ3) is 5.61. The third-order valence-electron chi connectivity index (χ3n) is 5.32. The van der Waals surface area contributed by atoms with Gasteiger partial charge in [0.2, 0.25) is 5.91 Å². The van der Waals surface area contributed by atoms with E-state index in [1.165, 1.54) is 44.4 Å². The van der Waals surface area contributed by atoms with Crippen molar-refractivity contribution in [2.75, 3.05) is 12.4 Å². The fourth-order valence-corrected chi connectivity index (χ4v) is 4.06. The van der Waals surface area contributed by atoms with Gasteiger partial charge in [0.15, 0.2) is 11.6 Å². The lowest BCUT2D eigenvalue weighted by molar-refractivity contribution is -0.114. The van der Waals surface area contributed by atoms with Crippen molar-refractivity contribution in [3.8, 4) is 23.3 Å². The molecule has 3 aromatic carbocycles. The maximum absolute atomic E-state index is 15.3. The number of hydrogen-bond acceptors (Lipinski definition) is 5. The summed E-state index contributed by atoms with van der Waals surface area (Å²) in [6.07, 6.45) is 0. The summed E-state index contributed by atoms with van der Waals surface area (Å²) in [6, 6.07) is 14.1. The lowest BCUT2D eigenvalue weighted by Crippen LogP contribution is -2.25. The molecule has 0 aliphatic heterocycles. The number of nitriles is 1. The molecule has 3 N–H and O–H groups in total. The van der Waals surface area contributed by atoms with E-state index in [0.29, 0.717) is 16.7 Å². The highest BCUT2D eigenvalue weighted by molar-refractivity contribution is 6.32. The van der Waals surface area contributed by atoms with Gasteiger partial charge in [0, 0.05) is 35.0 Å². The number of amides is 2. The number of anilines is 1. The summed E-state index contributed by atoms with van der Waals surface area (Å²) in [4.78, 5) is 27.8. The first-order chi connectivity index (χ1) is 17.7. The summed E-state index contributed by atoms with van der Waals surface area (Å²) in [7, 11) is 1.51. The molecule has 0 saturated carbocycles. The number of H-pyrrole nitrogens is 1. The van der Waals surface area contributed by atoms with Crippen molar-refractivity contribution >= 4 is 51.6 Å². The Kier molecular flexibility index (Phi) is 7.53. The molecule has 0 aliphatic rings. The minimum Gasteiger partial charge on any atom is -0.497 e. The molecule has 1 heterocycles. The Morgan fingerprint density at radius 3 is 2.59 bits per heavy atom. The van der Waals surface area contributed by atoms with E-state index in [2.05, 4.69) is 15.6 Å². The van der Waals surface area contributed by atoms with E-state index in [-0.39, 0.29) is 56.5 Å². The highest BCUT2D eigenvalue weighted by Crippen LogP contribution is 2.35. The zero-order valence-corrected chi connectivity index (χ0v) is 21.1. The van der Waals surface area contributed by atoms with Crippen molar-refractivity contribution in [1.82, 2.24) is 10.3 Å². The summed E-state index contributed by atoms with van der Waals surface area (Å²) >= 11 is 12.2. The predicted octanol–water partition coefficient (Wildman–Crippen LogP) is 6.17. The monoisotopic (exact) mass is 540 g/mol. The lowest BCUT2D eigenvalue weighted by Gasteiger charge is -2.13. The van der Waals surface area contributed by atoms with Gasteiger partial charge < -0.3 is 25.1 Å². The number of carbonyl (C=O) groups excluding carboxylic acids is 2. The van der Waals surface area contributed by atoms with Gasteiger partial charge in [-0.1, -0.05) is 29.3 Å². The minimum absolute atomic E-state index is 0.0106. The summed E-state index contributed by atoms with van der Waals surface area (Å²) in [5, 5.41) is 15.2. The Bertz CT molecular complexity index is 1580. The smallest absolute Gasteiger partial charge is 0.270 e. The number of aromatic amines is 1. The topological polar surface area (TPSA) is 116 Å². The van der Waals surface area contributed by atoms with Crippen LogP contribution in [0.4, 0.5) is 10.1 Å². The van der Waals surface area contributed by atoms with Gasteiger partial charge in [0.05, 0.1) is 29.5 Å². The van der Waals surface area contributed by atoms with E-state index in [4.69, 9.17) is 37.9 Å². The van der Waals surface area contributed by atoms with Crippen molar-refractivity contribution in [2.24, 2.45) is 0 Å². The average molecular weight is 541 g/mol. The number of methoxy groups -OCH3 is 1. The first kappa shape index (κ1) is 25.8. The zero-order chi connectivity index (χ0) is 26.7. The van der Waals surface area contributed by atoms with Crippen LogP contribution in [0.2, 0.25) is 10.0 Å². The Labute approximate surface area is 220 Å². The summed E-state index contributed by atoms with van der Waals surface area (Å²) < 4.78 is 26.2. The highest BCUT2D eigenvalue weighted by atomic mass is 35.5. The molecule has 0 aliphatic carbocycles. The number of rotatable bonds is 7. The molecule has 0 spiro atoms. The van der Waals surface area contributed by atoms with Gasteiger partial charge in [0.1, 0.15) is 17.2 Å². The molecule has 8 nitrogen and oxygen atoms in total. The van der Waals surface area contributed by atoms with E-state index >= 15 is 4.39 Å². The second kappa shape index (κ2) is 10.8. The fourth-order valence-electron chi connectivity index (χ4n) is 3.65. The number of ether oxygens (including phenoxy) is 2. The number of benzene rings is 3. The molecule has 4 aromatic rings. The minimum atomic E-state index is -0.797. The van der Waals surface area contributed by atoms with Crippen LogP contribution in [0.15, 0.2) is 48.5 Å². The average Bonchev–Trinajstić information content (AvgIpc) is 3.22. The van der Waals surface area contributed by atoms with E-state index in [1.54, 1.807) is 18.2 Å². The van der Waals surface area contributed by atoms with Crippen molar-refractivity contribution < 1.29 is 23.5 Å². The first-order valence-corrected chi connectivity index (χ1v) is 11.6. The number of hydrogen-bond donors (Lipinski definition) is 3. The van der Waals surface area contributed by atoms with Crippen molar-refractivity contribution in [3.63, 3.8) is 0 Å². The fraction of sp³-hybridized carbons (Fsp3) is 0.115. The quantitative estimate of drug-likeness (QED) is 0.259. The number of nitrogens with one attached hydrogen (secondary N) is 3. The maximum atomic E-state index is 15.3. The highest BCUT2D eigenvalue weighted by Gasteiger charge is 2.21. The first-order valence-electron chi connectivity index (χ1n) is 10.8. The van der Waals surface area contributed by atoms with Crippen LogP contribution in [0.25, 0.3) is 10.9 Å². The summed E-state index contributed by atoms with van der Waals surface area (Å²) in [5.41, 5.74) is 1.28.